The maximum absolute atomic E-state index is 13.5. The molecule has 1 aliphatic rings. The Bertz CT molecular complexity index is 601. The van der Waals surface area contributed by atoms with Gasteiger partial charge in [-0.1, -0.05) is 26.8 Å². The van der Waals surface area contributed by atoms with E-state index in [0.717, 1.165) is 12.1 Å². The van der Waals surface area contributed by atoms with E-state index in [1.54, 1.807) is 20.8 Å². The molecule has 1 fully saturated rings. The van der Waals surface area contributed by atoms with Crippen molar-refractivity contribution in [3.8, 4) is 0 Å². The van der Waals surface area contributed by atoms with Crippen LogP contribution in [0, 0.1) is 5.41 Å². The van der Waals surface area contributed by atoms with Gasteiger partial charge in [-0.05, 0) is 23.1 Å². The fourth-order valence-corrected chi connectivity index (χ4v) is 3.37. The summed E-state index contributed by atoms with van der Waals surface area (Å²) in [4.78, 5) is 1.91. The van der Waals surface area contributed by atoms with E-state index in [9.17, 15) is 26.3 Å². The van der Waals surface area contributed by atoms with E-state index < -0.39 is 34.9 Å². The molecule has 150 valence electrons. The zero-order valence-corrected chi connectivity index (χ0v) is 15.6. The molecule has 0 unspecified atom stereocenters. The van der Waals surface area contributed by atoms with Crippen LogP contribution in [0.25, 0.3) is 0 Å². The molecule has 1 N–H and O–H groups in total. The van der Waals surface area contributed by atoms with Gasteiger partial charge < -0.3 is 5.32 Å². The van der Waals surface area contributed by atoms with E-state index in [-0.39, 0.29) is 24.0 Å². The quantitative estimate of drug-likeness (QED) is 0.687. The molecular formula is C17H23ClF6N2. The highest BCUT2D eigenvalue weighted by Crippen LogP contribution is 2.45. The number of alkyl halides is 6. The minimum atomic E-state index is -4.85. The van der Waals surface area contributed by atoms with Crippen molar-refractivity contribution >= 4 is 12.4 Å². The monoisotopic (exact) mass is 404 g/mol. The van der Waals surface area contributed by atoms with Crippen LogP contribution in [-0.4, -0.2) is 31.1 Å². The smallest absolute Gasteiger partial charge is 0.314 e. The Morgan fingerprint density at radius 2 is 1.46 bits per heavy atom. The fourth-order valence-electron chi connectivity index (χ4n) is 3.37. The summed E-state index contributed by atoms with van der Waals surface area (Å²) in [7, 11) is 0. The van der Waals surface area contributed by atoms with Crippen molar-refractivity contribution in [3.05, 3.63) is 34.9 Å². The van der Waals surface area contributed by atoms with E-state index in [4.69, 9.17) is 0 Å². The normalized spacial score (nSPS) is 18.3. The molecule has 0 spiro atoms. The molecule has 1 aliphatic heterocycles. The summed E-state index contributed by atoms with van der Waals surface area (Å²) < 4.78 is 79.3. The minimum absolute atomic E-state index is 0. The first-order valence-electron chi connectivity index (χ1n) is 8.05. The molecule has 2 rings (SSSR count). The van der Waals surface area contributed by atoms with E-state index in [1.807, 2.05) is 4.90 Å². The first-order valence-corrected chi connectivity index (χ1v) is 8.05. The highest BCUT2D eigenvalue weighted by atomic mass is 35.5. The summed E-state index contributed by atoms with van der Waals surface area (Å²) in [5.41, 5.74) is -3.16. The van der Waals surface area contributed by atoms with Crippen molar-refractivity contribution < 1.29 is 26.3 Å². The summed E-state index contributed by atoms with van der Waals surface area (Å²) in [6.45, 7) is 7.76. The maximum Gasteiger partial charge on any atom is 0.416 e. The van der Waals surface area contributed by atoms with Gasteiger partial charge in [0.05, 0.1) is 11.1 Å². The summed E-state index contributed by atoms with van der Waals surface area (Å²) in [6.07, 6.45) is -9.67. The predicted octanol–water partition coefficient (Wildman–Crippen LogP) is 5.14. The lowest BCUT2D eigenvalue weighted by atomic mass is 9.79. The van der Waals surface area contributed by atoms with Gasteiger partial charge in [-0.3, -0.25) is 4.90 Å². The first kappa shape index (κ1) is 23.0. The third-order valence-electron chi connectivity index (χ3n) is 4.32. The van der Waals surface area contributed by atoms with Crippen molar-refractivity contribution in [1.29, 1.82) is 0 Å². The Labute approximate surface area is 155 Å². The van der Waals surface area contributed by atoms with Gasteiger partial charge in [0.15, 0.2) is 0 Å². The molecule has 0 aliphatic carbocycles. The summed E-state index contributed by atoms with van der Waals surface area (Å²) >= 11 is 0. The lowest BCUT2D eigenvalue weighted by molar-refractivity contribution is -0.144. The molecule has 1 saturated heterocycles. The van der Waals surface area contributed by atoms with Crippen LogP contribution in [0.3, 0.4) is 0 Å². The molecule has 2 nitrogen and oxygen atoms in total. The third-order valence-corrected chi connectivity index (χ3v) is 4.32. The van der Waals surface area contributed by atoms with Crippen molar-refractivity contribution in [3.63, 3.8) is 0 Å². The number of rotatable bonds is 2. The van der Waals surface area contributed by atoms with Crippen LogP contribution in [0.1, 0.15) is 43.5 Å². The predicted molar refractivity (Wildman–Crippen MR) is 90.3 cm³/mol. The van der Waals surface area contributed by atoms with Crippen LogP contribution in [0.2, 0.25) is 0 Å². The second-order valence-electron chi connectivity index (χ2n) is 7.35. The number of benzene rings is 1. The number of hydrogen-bond acceptors (Lipinski definition) is 2. The Hall–Kier alpha value is -0.990. The van der Waals surface area contributed by atoms with Gasteiger partial charge in [-0.2, -0.15) is 26.3 Å². The van der Waals surface area contributed by atoms with Gasteiger partial charge in [0.1, 0.15) is 0 Å². The van der Waals surface area contributed by atoms with Gasteiger partial charge in [0.25, 0.3) is 0 Å². The molecular weight excluding hydrogens is 382 g/mol. The molecule has 1 aromatic rings. The largest absolute Gasteiger partial charge is 0.416 e. The van der Waals surface area contributed by atoms with E-state index in [1.165, 1.54) is 0 Å². The standard InChI is InChI=1S/C17H22F6N2.ClH/c1-15(2,3)14(25-8-6-24-7-9-25)12-5-4-11(16(18,19)20)10-13(12)17(21,22)23;/h4-5,10,14,24H,6-9H2,1-3H3;1H/t14-;/m1./s1. The molecule has 26 heavy (non-hydrogen) atoms. The SMILES string of the molecule is CC(C)(C)[C@@H](c1ccc(C(F)(F)F)cc1C(F)(F)F)N1CCNCC1.Cl. The molecule has 0 bridgehead atoms. The molecule has 0 radical (unpaired) electrons. The maximum atomic E-state index is 13.5. The zero-order chi connectivity index (χ0) is 19.0. The average molecular weight is 405 g/mol. The average Bonchev–Trinajstić information content (AvgIpc) is 2.45. The van der Waals surface area contributed by atoms with Crippen LogP contribution in [0.5, 0.6) is 0 Å². The number of hydrogen-bond donors (Lipinski definition) is 1. The second kappa shape index (κ2) is 7.94. The van der Waals surface area contributed by atoms with E-state index in [2.05, 4.69) is 5.32 Å². The van der Waals surface area contributed by atoms with Crippen LogP contribution < -0.4 is 5.32 Å². The number of nitrogens with zero attached hydrogens (tertiary/aromatic N) is 1. The van der Waals surface area contributed by atoms with Crippen molar-refractivity contribution in [2.24, 2.45) is 5.41 Å². The van der Waals surface area contributed by atoms with Crippen LogP contribution in [0.4, 0.5) is 26.3 Å². The molecule has 1 heterocycles. The van der Waals surface area contributed by atoms with Crippen molar-refractivity contribution in [2.45, 2.75) is 39.2 Å². The molecule has 9 heteroatoms. The number of nitrogens with one attached hydrogen (secondary N) is 1. The van der Waals surface area contributed by atoms with Gasteiger partial charge in [0.2, 0.25) is 0 Å². The van der Waals surface area contributed by atoms with E-state index >= 15 is 0 Å². The Kier molecular flexibility index (Phi) is 7.04. The number of halogens is 7. The summed E-state index contributed by atoms with van der Waals surface area (Å²) in [5, 5.41) is 3.13. The highest BCUT2D eigenvalue weighted by Gasteiger charge is 2.43. The van der Waals surface area contributed by atoms with Gasteiger partial charge >= 0.3 is 12.4 Å². The minimum Gasteiger partial charge on any atom is -0.314 e. The number of piperazine rings is 1. The van der Waals surface area contributed by atoms with Crippen LogP contribution >= 0.6 is 12.4 Å². The van der Waals surface area contributed by atoms with Crippen LogP contribution in [-0.2, 0) is 12.4 Å². The molecule has 0 saturated carbocycles. The molecule has 0 aromatic heterocycles. The zero-order valence-electron chi connectivity index (χ0n) is 14.8. The Balaban J connectivity index is 0.00000338. The van der Waals surface area contributed by atoms with Crippen LogP contribution in [0.15, 0.2) is 18.2 Å². The molecule has 0 amide bonds. The topological polar surface area (TPSA) is 15.3 Å². The fraction of sp³-hybridized carbons (Fsp3) is 0.647. The Morgan fingerprint density at radius 3 is 1.88 bits per heavy atom. The lowest BCUT2D eigenvalue weighted by Gasteiger charge is -2.43. The van der Waals surface area contributed by atoms with Gasteiger partial charge in [0, 0.05) is 32.2 Å². The van der Waals surface area contributed by atoms with Crippen molar-refractivity contribution in [1.82, 2.24) is 10.2 Å². The summed E-state index contributed by atoms with van der Waals surface area (Å²) in [6, 6.07) is 1.33. The lowest BCUT2D eigenvalue weighted by Crippen LogP contribution is -2.48. The van der Waals surface area contributed by atoms with Crippen molar-refractivity contribution in [2.75, 3.05) is 26.2 Å². The molecule has 1 atom stereocenters. The van der Waals surface area contributed by atoms with E-state index in [0.29, 0.717) is 26.2 Å². The Morgan fingerprint density at radius 1 is 0.923 bits per heavy atom. The first-order chi connectivity index (χ1) is 11.3. The van der Waals surface area contributed by atoms with Gasteiger partial charge in [-0.15, -0.1) is 12.4 Å². The highest BCUT2D eigenvalue weighted by molar-refractivity contribution is 5.85. The summed E-state index contributed by atoms with van der Waals surface area (Å²) in [5.74, 6) is 0. The molecule has 1 aromatic carbocycles. The second-order valence-corrected chi connectivity index (χ2v) is 7.35. The third kappa shape index (κ3) is 5.27. The van der Waals surface area contributed by atoms with Gasteiger partial charge in [-0.25, -0.2) is 0 Å².